The highest BCUT2D eigenvalue weighted by molar-refractivity contribution is 7.10. The first kappa shape index (κ1) is 15.0. The second kappa shape index (κ2) is 6.88. The summed E-state index contributed by atoms with van der Waals surface area (Å²) in [5.74, 6) is 0.843. The number of methoxy groups -OCH3 is 1. The molecule has 108 valence electrons. The fraction of sp³-hybridized carbons (Fsp3) is 0.375. The molecule has 2 rings (SSSR count). The largest absolute Gasteiger partial charge is 0.497 e. The van der Waals surface area contributed by atoms with Gasteiger partial charge in [0.05, 0.1) is 13.7 Å². The van der Waals surface area contributed by atoms with Gasteiger partial charge in [-0.05, 0) is 48.6 Å². The molecule has 0 aliphatic carbocycles. The third-order valence-electron chi connectivity index (χ3n) is 3.20. The lowest BCUT2D eigenvalue weighted by Gasteiger charge is -2.21. The summed E-state index contributed by atoms with van der Waals surface area (Å²) in [4.78, 5) is 1.21. The van der Waals surface area contributed by atoms with E-state index in [-0.39, 0.29) is 12.1 Å². The summed E-state index contributed by atoms with van der Waals surface area (Å²) < 4.78 is 11.3. The Bertz CT molecular complexity index is 551. The van der Waals surface area contributed by atoms with Crippen LogP contribution >= 0.6 is 11.3 Å². The van der Waals surface area contributed by atoms with Gasteiger partial charge in [0, 0.05) is 10.9 Å². The fourth-order valence-corrected chi connectivity index (χ4v) is 3.18. The molecule has 0 saturated carbocycles. The van der Waals surface area contributed by atoms with Gasteiger partial charge in [0.1, 0.15) is 11.9 Å². The molecule has 1 aromatic carbocycles. The first-order valence-electron chi connectivity index (χ1n) is 6.66. The van der Waals surface area contributed by atoms with Gasteiger partial charge >= 0.3 is 0 Å². The summed E-state index contributed by atoms with van der Waals surface area (Å²) >= 11 is 1.70. The Hall–Kier alpha value is -1.36. The Morgan fingerprint density at radius 2 is 2.10 bits per heavy atom. The quantitative estimate of drug-likeness (QED) is 0.883. The fourth-order valence-electron chi connectivity index (χ4n) is 2.09. The van der Waals surface area contributed by atoms with Crippen LogP contribution in [0.4, 0.5) is 0 Å². The van der Waals surface area contributed by atoms with Crippen LogP contribution in [0.25, 0.3) is 0 Å². The van der Waals surface area contributed by atoms with Gasteiger partial charge in [0.25, 0.3) is 0 Å². The van der Waals surface area contributed by atoms with E-state index in [4.69, 9.17) is 15.2 Å². The highest BCUT2D eigenvalue weighted by Gasteiger charge is 2.20. The van der Waals surface area contributed by atoms with E-state index in [9.17, 15) is 0 Å². The van der Waals surface area contributed by atoms with E-state index in [2.05, 4.69) is 18.4 Å². The Balaban J connectivity index is 2.08. The van der Waals surface area contributed by atoms with E-state index in [1.54, 1.807) is 18.4 Å². The molecule has 0 amide bonds. The van der Waals surface area contributed by atoms with Crippen molar-refractivity contribution in [1.82, 2.24) is 0 Å². The number of benzene rings is 1. The van der Waals surface area contributed by atoms with Crippen molar-refractivity contribution in [2.75, 3.05) is 7.11 Å². The molecule has 3 nitrogen and oxygen atoms in total. The normalized spacial score (nSPS) is 14.0. The maximum atomic E-state index is 6.07. The highest BCUT2D eigenvalue weighted by atomic mass is 32.1. The maximum Gasteiger partial charge on any atom is 0.119 e. The van der Waals surface area contributed by atoms with Gasteiger partial charge in [-0.25, -0.2) is 0 Å². The predicted octanol–water partition coefficient (Wildman–Crippen LogP) is 3.67. The zero-order chi connectivity index (χ0) is 14.5. The third kappa shape index (κ3) is 3.60. The summed E-state index contributed by atoms with van der Waals surface area (Å²) in [6, 6.07) is 9.97. The van der Waals surface area contributed by atoms with Crippen molar-refractivity contribution in [3.63, 3.8) is 0 Å². The second-order valence-corrected chi connectivity index (χ2v) is 5.86. The van der Waals surface area contributed by atoms with Gasteiger partial charge in [-0.3, -0.25) is 0 Å². The average Bonchev–Trinajstić information content (AvgIpc) is 2.85. The standard InChI is InChI=1S/C16H21NO2S/c1-11-7-8-20-16(11)15(12(2)17)19-10-13-5-4-6-14(9-13)18-3/h4-9,12,15H,10,17H2,1-3H3. The molecule has 0 radical (unpaired) electrons. The topological polar surface area (TPSA) is 44.5 Å². The number of ether oxygens (including phenoxy) is 2. The highest BCUT2D eigenvalue weighted by Crippen LogP contribution is 2.29. The number of hydrogen-bond donors (Lipinski definition) is 1. The summed E-state index contributed by atoms with van der Waals surface area (Å²) in [6.07, 6.45) is -0.0683. The lowest BCUT2D eigenvalue weighted by atomic mass is 10.1. The van der Waals surface area contributed by atoms with Gasteiger partial charge in [-0.2, -0.15) is 0 Å². The van der Waals surface area contributed by atoms with E-state index in [0.29, 0.717) is 6.61 Å². The number of nitrogens with two attached hydrogens (primary N) is 1. The van der Waals surface area contributed by atoms with Crippen LogP contribution < -0.4 is 10.5 Å². The Labute approximate surface area is 124 Å². The molecule has 4 heteroatoms. The number of rotatable bonds is 6. The minimum Gasteiger partial charge on any atom is -0.497 e. The molecule has 0 aliphatic rings. The molecule has 20 heavy (non-hydrogen) atoms. The van der Waals surface area contributed by atoms with Gasteiger partial charge in [-0.1, -0.05) is 12.1 Å². The van der Waals surface area contributed by atoms with Crippen LogP contribution in [0.1, 0.15) is 29.0 Å². The molecule has 2 atom stereocenters. The van der Waals surface area contributed by atoms with Gasteiger partial charge < -0.3 is 15.2 Å². The van der Waals surface area contributed by atoms with Crippen LogP contribution in [-0.2, 0) is 11.3 Å². The van der Waals surface area contributed by atoms with E-state index < -0.39 is 0 Å². The summed E-state index contributed by atoms with van der Waals surface area (Å²) in [5, 5.41) is 2.08. The Morgan fingerprint density at radius 3 is 2.70 bits per heavy atom. The van der Waals surface area contributed by atoms with E-state index in [0.717, 1.165) is 11.3 Å². The van der Waals surface area contributed by atoms with Crippen molar-refractivity contribution in [1.29, 1.82) is 0 Å². The minimum absolute atomic E-state index is 0.0436. The van der Waals surface area contributed by atoms with Gasteiger partial charge in [-0.15, -0.1) is 11.3 Å². The molecular formula is C16H21NO2S. The summed E-state index contributed by atoms with van der Waals surface area (Å²) in [7, 11) is 1.67. The first-order valence-corrected chi connectivity index (χ1v) is 7.54. The molecule has 0 bridgehead atoms. The number of hydrogen-bond acceptors (Lipinski definition) is 4. The molecule has 1 aromatic heterocycles. The monoisotopic (exact) mass is 291 g/mol. The van der Waals surface area contributed by atoms with Crippen molar-refractivity contribution in [2.24, 2.45) is 5.73 Å². The van der Waals surface area contributed by atoms with Crippen molar-refractivity contribution >= 4 is 11.3 Å². The van der Waals surface area contributed by atoms with Crippen LogP contribution in [0.2, 0.25) is 0 Å². The molecule has 0 spiro atoms. The van der Waals surface area contributed by atoms with Crippen LogP contribution in [0.15, 0.2) is 35.7 Å². The molecule has 2 N–H and O–H groups in total. The lowest BCUT2D eigenvalue weighted by molar-refractivity contribution is 0.0278. The number of aryl methyl sites for hydroxylation is 1. The van der Waals surface area contributed by atoms with Crippen molar-refractivity contribution < 1.29 is 9.47 Å². The van der Waals surface area contributed by atoms with E-state index in [1.165, 1.54) is 10.4 Å². The van der Waals surface area contributed by atoms with Crippen LogP contribution in [0.5, 0.6) is 5.75 Å². The lowest BCUT2D eigenvalue weighted by Crippen LogP contribution is -2.26. The van der Waals surface area contributed by atoms with E-state index in [1.807, 2.05) is 31.2 Å². The first-order chi connectivity index (χ1) is 9.61. The van der Waals surface area contributed by atoms with Crippen LogP contribution in [0.3, 0.4) is 0 Å². The van der Waals surface area contributed by atoms with Gasteiger partial charge in [0.2, 0.25) is 0 Å². The van der Waals surface area contributed by atoms with Crippen molar-refractivity contribution in [3.8, 4) is 5.75 Å². The van der Waals surface area contributed by atoms with E-state index >= 15 is 0 Å². The zero-order valence-electron chi connectivity index (χ0n) is 12.1. The van der Waals surface area contributed by atoms with Crippen molar-refractivity contribution in [2.45, 2.75) is 32.6 Å². The molecule has 0 fully saturated rings. The smallest absolute Gasteiger partial charge is 0.119 e. The van der Waals surface area contributed by atoms with Crippen LogP contribution in [-0.4, -0.2) is 13.2 Å². The number of thiophene rings is 1. The molecule has 0 saturated heterocycles. The molecule has 0 aliphatic heterocycles. The zero-order valence-corrected chi connectivity index (χ0v) is 12.9. The summed E-state index contributed by atoms with van der Waals surface area (Å²) in [6.45, 7) is 4.60. The third-order valence-corrected chi connectivity index (χ3v) is 4.28. The summed E-state index contributed by atoms with van der Waals surface area (Å²) in [5.41, 5.74) is 8.40. The SMILES string of the molecule is COc1cccc(COC(c2sccc2C)C(C)N)c1. The minimum atomic E-state index is -0.0683. The predicted molar refractivity (Wildman–Crippen MR) is 83.2 cm³/mol. The van der Waals surface area contributed by atoms with Crippen molar-refractivity contribution in [3.05, 3.63) is 51.7 Å². The maximum absolute atomic E-state index is 6.07. The van der Waals surface area contributed by atoms with Crippen LogP contribution in [0, 0.1) is 6.92 Å². The Morgan fingerprint density at radius 1 is 1.30 bits per heavy atom. The molecule has 2 unspecified atom stereocenters. The molecular weight excluding hydrogens is 270 g/mol. The second-order valence-electron chi connectivity index (χ2n) is 4.91. The van der Waals surface area contributed by atoms with Gasteiger partial charge in [0.15, 0.2) is 0 Å². The average molecular weight is 291 g/mol. The Kier molecular flexibility index (Phi) is 5.17. The molecule has 2 aromatic rings. The molecule has 1 heterocycles.